The molecule has 3 heterocycles. The lowest BCUT2D eigenvalue weighted by Gasteiger charge is -2.38. The van der Waals surface area contributed by atoms with E-state index in [1.807, 2.05) is 45.0 Å². The average Bonchev–Trinajstić information content (AvgIpc) is 2.96. The molecule has 8 nitrogen and oxygen atoms in total. The summed E-state index contributed by atoms with van der Waals surface area (Å²) < 4.78 is 1.71. The Balaban J connectivity index is 1.79. The van der Waals surface area contributed by atoms with Crippen molar-refractivity contribution in [3.8, 4) is 0 Å². The highest BCUT2D eigenvalue weighted by Gasteiger charge is 2.36. The van der Waals surface area contributed by atoms with Gasteiger partial charge in [-0.2, -0.15) is 5.10 Å². The standard InChI is InChI=1S/C22H30N6O2/c1-14(2)28-21-20(16(4)24-28)27(18-9-7-6-8-17(18)23-22(21)30)19(29)13-26-11-10-25(5)12-15(26)3/h6-9,14-15H,10-13H2,1-5H3,(H,23,30). The van der Waals surface area contributed by atoms with Crippen LogP contribution >= 0.6 is 0 Å². The van der Waals surface area contributed by atoms with Gasteiger partial charge < -0.3 is 10.2 Å². The summed E-state index contributed by atoms with van der Waals surface area (Å²) in [5, 5.41) is 7.58. The van der Waals surface area contributed by atoms with Gasteiger partial charge in [0.25, 0.3) is 5.91 Å². The molecule has 2 amide bonds. The van der Waals surface area contributed by atoms with Gasteiger partial charge in [0, 0.05) is 31.7 Å². The van der Waals surface area contributed by atoms with Crippen LogP contribution in [0.2, 0.25) is 0 Å². The number of nitrogens with one attached hydrogen (secondary N) is 1. The van der Waals surface area contributed by atoms with Crippen molar-refractivity contribution in [3.63, 3.8) is 0 Å². The maximum absolute atomic E-state index is 13.7. The van der Waals surface area contributed by atoms with E-state index >= 15 is 0 Å². The van der Waals surface area contributed by atoms with Gasteiger partial charge in [0.1, 0.15) is 5.69 Å². The first kappa shape index (κ1) is 20.6. The number of nitrogens with zero attached hydrogens (tertiary/aromatic N) is 5. The lowest BCUT2D eigenvalue weighted by Crippen LogP contribution is -2.53. The number of aryl methyl sites for hydroxylation is 1. The number of aromatic nitrogens is 2. The van der Waals surface area contributed by atoms with E-state index in [-0.39, 0.29) is 23.9 Å². The summed E-state index contributed by atoms with van der Waals surface area (Å²) in [6, 6.07) is 7.74. The van der Waals surface area contributed by atoms with Crippen LogP contribution in [0.1, 0.15) is 43.0 Å². The molecule has 30 heavy (non-hydrogen) atoms. The van der Waals surface area contributed by atoms with Crippen molar-refractivity contribution in [3.05, 3.63) is 35.7 Å². The molecule has 1 aromatic heterocycles. The van der Waals surface area contributed by atoms with E-state index in [1.54, 1.807) is 9.58 Å². The third-order valence-electron chi connectivity index (χ3n) is 5.93. The molecular formula is C22H30N6O2. The van der Waals surface area contributed by atoms with E-state index in [1.165, 1.54) is 0 Å². The van der Waals surface area contributed by atoms with Gasteiger partial charge in [-0.05, 0) is 46.9 Å². The molecular weight excluding hydrogens is 380 g/mol. The van der Waals surface area contributed by atoms with Gasteiger partial charge in [-0.15, -0.1) is 0 Å². The smallest absolute Gasteiger partial charge is 0.276 e. The van der Waals surface area contributed by atoms with Gasteiger partial charge in [0.2, 0.25) is 5.91 Å². The number of hydrogen-bond acceptors (Lipinski definition) is 5. The number of benzene rings is 1. The van der Waals surface area contributed by atoms with Gasteiger partial charge in [-0.25, -0.2) is 0 Å². The zero-order valence-electron chi connectivity index (χ0n) is 18.3. The van der Waals surface area contributed by atoms with E-state index in [2.05, 4.69) is 34.2 Å². The Hall–Kier alpha value is -2.71. The van der Waals surface area contributed by atoms with Crippen LogP contribution in [-0.2, 0) is 4.79 Å². The molecule has 0 bridgehead atoms. The van der Waals surface area contributed by atoms with Crippen LogP contribution in [0.4, 0.5) is 17.1 Å². The minimum Gasteiger partial charge on any atom is -0.319 e. The van der Waals surface area contributed by atoms with E-state index in [0.29, 0.717) is 35.0 Å². The SMILES string of the molecule is Cc1nn(C(C)C)c2c1N(C(=O)CN1CCN(C)CC1C)c1ccccc1NC2=O. The van der Waals surface area contributed by atoms with Crippen molar-refractivity contribution in [1.82, 2.24) is 19.6 Å². The van der Waals surface area contributed by atoms with Crippen molar-refractivity contribution in [2.75, 3.05) is 43.4 Å². The molecule has 0 saturated carbocycles. The second-order valence-electron chi connectivity index (χ2n) is 8.60. The normalized spacial score (nSPS) is 20.0. The number of likely N-dealkylation sites (N-methyl/N-ethyl adjacent to an activating group) is 1. The Morgan fingerprint density at radius 1 is 1.27 bits per heavy atom. The van der Waals surface area contributed by atoms with E-state index < -0.39 is 0 Å². The van der Waals surface area contributed by atoms with Crippen LogP contribution in [0.25, 0.3) is 0 Å². The van der Waals surface area contributed by atoms with Crippen molar-refractivity contribution < 1.29 is 9.59 Å². The topological polar surface area (TPSA) is 73.7 Å². The van der Waals surface area contributed by atoms with Crippen molar-refractivity contribution in [2.24, 2.45) is 0 Å². The summed E-state index contributed by atoms with van der Waals surface area (Å²) >= 11 is 0. The number of para-hydroxylation sites is 2. The summed E-state index contributed by atoms with van der Waals surface area (Å²) in [7, 11) is 2.11. The number of anilines is 3. The molecule has 1 saturated heterocycles. The third-order valence-corrected chi connectivity index (χ3v) is 5.93. The lowest BCUT2D eigenvalue weighted by molar-refractivity contribution is -0.120. The third kappa shape index (κ3) is 3.50. The Morgan fingerprint density at radius 2 is 2.00 bits per heavy atom. The van der Waals surface area contributed by atoms with Gasteiger partial charge in [0.15, 0.2) is 5.69 Å². The largest absolute Gasteiger partial charge is 0.319 e. The highest BCUT2D eigenvalue weighted by molar-refractivity contribution is 6.17. The second kappa shape index (κ2) is 7.85. The number of carbonyl (C=O) groups excluding carboxylic acids is 2. The highest BCUT2D eigenvalue weighted by atomic mass is 16.2. The van der Waals surface area contributed by atoms with Gasteiger partial charge in [0.05, 0.1) is 23.6 Å². The Bertz CT molecular complexity index is 982. The first-order valence-electron chi connectivity index (χ1n) is 10.5. The van der Waals surface area contributed by atoms with Crippen molar-refractivity contribution in [1.29, 1.82) is 0 Å². The lowest BCUT2D eigenvalue weighted by atomic mass is 10.1. The molecule has 0 aliphatic carbocycles. The van der Waals surface area contributed by atoms with Gasteiger partial charge in [-0.1, -0.05) is 12.1 Å². The minimum absolute atomic E-state index is 0.00554. The Labute approximate surface area is 177 Å². The number of hydrogen-bond donors (Lipinski definition) is 1. The summed E-state index contributed by atoms with van der Waals surface area (Å²) in [4.78, 5) is 33.0. The molecule has 1 atom stereocenters. The minimum atomic E-state index is -0.241. The fourth-order valence-corrected chi connectivity index (χ4v) is 4.38. The number of fused-ring (bicyclic) bond motifs is 2. The monoisotopic (exact) mass is 410 g/mol. The highest BCUT2D eigenvalue weighted by Crippen LogP contribution is 2.40. The van der Waals surface area contributed by atoms with Gasteiger partial charge >= 0.3 is 0 Å². The summed E-state index contributed by atoms with van der Waals surface area (Å²) in [5.41, 5.74) is 3.00. The maximum Gasteiger partial charge on any atom is 0.276 e. The first-order valence-corrected chi connectivity index (χ1v) is 10.5. The first-order chi connectivity index (χ1) is 14.3. The molecule has 1 unspecified atom stereocenters. The van der Waals surface area contributed by atoms with Crippen molar-refractivity contribution >= 4 is 28.9 Å². The zero-order chi connectivity index (χ0) is 21.6. The second-order valence-corrected chi connectivity index (χ2v) is 8.60. The fourth-order valence-electron chi connectivity index (χ4n) is 4.38. The Morgan fingerprint density at radius 3 is 2.70 bits per heavy atom. The molecule has 8 heteroatoms. The molecule has 1 aromatic carbocycles. The molecule has 2 aliphatic heterocycles. The quantitative estimate of drug-likeness (QED) is 0.842. The summed E-state index contributed by atoms with van der Waals surface area (Å²) in [6.07, 6.45) is 0. The number of rotatable bonds is 3. The van der Waals surface area contributed by atoms with Crippen molar-refractivity contribution in [2.45, 2.75) is 39.8 Å². The molecule has 160 valence electrons. The predicted molar refractivity (Wildman–Crippen MR) is 117 cm³/mol. The number of amides is 2. The van der Waals surface area contributed by atoms with Crippen LogP contribution in [0.3, 0.4) is 0 Å². The molecule has 1 fully saturated rings. The van der Waals surface area contributed by atoms with Crippen LogP contribution in [0.5, 0.6) is 0 Å². The van der Waals surface area contributed by atoms with E-state index in [4.69, 9.17) is 0 Å². The molecule has 0 spiro atoms. The van der Waals surface area contributed by atoms with Crippen LogP contribution < -0.4 is 10.2 Å². The predicted octanol–water partition coefficient (Wildman–Crippen LogP) is 2.64. The van der Waals surface area contributed by atoms with Crippen LogP contribution in [0, 0.1) is 6.92 Å². The number of piperazine rings is 1. The zero-order valence-corrected chi connectivity index (χ0v) is 18.3. The Kier molecular flexibility index (Phi) is 5.38. The summed E-state index contributed by atoms with van der Waals surface area (Å²) in [5.74, 6) is -0.293. The summed E-state index contributed by atoms with van der Waals surface area (Å²) in [6.45, 7) is 11.0. The fraction of sp³-hybridized carbons (Fsp3) is 0.500. The maximum atomic E-state index is 13.7. The molecule has 2 aromatic rings. The molecule has 0 radical (unpaired) electrons. The average molecular weight is 411 g/mol. The van der Waals surface area contributed by atoms with E-state index in [9.17, 15) is 9.59 Å². The molecule has 1 N–H and O–H groups in total. The van der Waals surface area contributed by atoms with Crippen LogP contribution in [-0.4, -0.2) is 70.7 Å². The van der Waals surface area contributed by atoms with Crippen LogP contribution in [0.15, 0.2) is 24.3 Å². The molecule has 2 aliphatic rings. The number of carbonyl (C=O) groups is 2. The van der Waals surface area contributed by atoms with Gasteiger partial charge in [-0.3, -0.25) is 24.1 Å². The van der Waals surface area contributed by atoms with E-state index in [0.717, 1.165) is 19.6 Å². The molecule has 4 rings (SSSR count).